The van der Waals surface area contributed by atoms with E-state index in [4.69, 9.17) is 4.74 Å². The van der Waals surface area contributed by atoms with Gasteiger partial charge >= 0.3 is 0 Å². The third kappa shape index (κ3) is 2.97. The molecule has 0 spiro atoms. The van der Waals surface area contributed by atoms with Crippen LogP contribution in [0.1, 0.15) is 28.8 Å². The average Bonchev–Trinajstić information content (AvgIpc) is 3.31. The van der Waals surface area contributed by atoms with E-state index < -0.39 is 0 Å². The number of nitrogens with zero attached hydrogens (tertiary/aromatic N) is 1. The number of ether oxygens (including phenoxy) is 1. The number of benzene rings is 1. The van der Waals surface area contributed by atoms with Gasteiger partial charge in [0.25, 0.3) is 5.91 Å². The van der Waals surface area contributed by atoms with Crippen LogP contribution in [0, 0.1) is 12.8 Å². The Morgan fingerprint density at radius 1 is 1.29 bits per heavy atom. The molecule has 0 bridgehead atoms. The van der Waals surface area contributed by atoms with E-state index >= 15 is 0 Å². The van der Waals surface area contributed by atoms with Gasteiger partial charge in [0.05, 0.1) is 18.5 Å². The van der Waals surface area contributed by atoms with E-state index in [1.165, 1.54) is 12.8 Å². The zero-order valence-electron chi connectivity index (χ0n) is 13.5. The SMILES string of the molecule is Cc1c(NC(=O)c2ccc(OCC3CC3)cc2)cnc2[nH]ccc12. The van der Waals surface area contributed by atoms with E-state index in [0.717, 1.165) is 34.6 Å². The van der Waals surface area contributed by atoms with Gasteiger partial charge in [0, 0.05) is 17.1 Å². The number of amides is 1. The number of carbonyl (C=O) groups excluding carboxylic acids is 1. The summed E-state index contributed by atoms with van der Waals surface area (Å²) in [6, 6.07) is 9.22. The summed E-state index contributed by atoms with van der Waals surface area (Å²) in [5, 5.41) is 3.94. The van der Waals surface area contributed by atoms with Crippen LogP contribution in [-0.4, -0.2) is 22.5 Å². The molecule has 0 atom stereocenters. The van der Waals surface area contributed by atoms with E-state index in [9.17, 15) is 4.79 Å². The van der Waals surface area contributed by atoms with Crippen LogP contribution in [0.15, 0.2) is 42.7 Å². The second-order valence-electron chi connectivity index (χ2n) is 6.27. The first-order chi connectivity index (χ1) is 11.7. The Morgan fingerprint density at radius 2 is 2.08 bits per heavy atom. The molecular weight excluding hydrogens is 302 g/mol. The number of rotatable bonds is 5. The molecule has 0 aliphatic heterocycles. The van der Waals surface area contributed by atoms with Crippen LogP contribution in [0.4, 0.5) is 5.69 Å². The van der Waals surface area contributed by atoms with Gasteiger partial charge in [-0.3, -0.25) is 4.79 Å². The predicted octanol–water partition coefficient (Wildman–Crippen LogP) is 3.91. The number of carbonyl (C=O) groups is 1. The Kier molecular flexibility index (Phi) is 3.69. The maximum absolute atomic E-state index is 12.4. The minimum Gasteiger partial charge on any atom is -0.493 e. The summed E-state index contributed by atoms with van der Waals surface area (Å²) in [5.74, 6) is 1.38. The van der Waals surface area contributed by atoms with Crippen molar-refractivity contribution in [2.45, 2.75) is 19.8 Å². The monoisotopic (exact) mass is 321 g/mol. The molecule has 5 heteroatoms. The Labute approximate surface area is 140 Å². The quantitative estimate of drug-likeness (QED) is 0.748. The molecule has 2 aromatic heterocycles. The van der Waals surface area contributed by atoms with Crippen LogP contribution < -0.4 is 10.1 Å². The lowest BCUT2D eigenvalue weighted by atomic mass is 10.1. The molecule has 1 aliphatic carbocycles. The van der Waals surface area contributed by atoms with E-state index in [2.05, 4.69) is 15.3 Å². The zero-order chi connectivity index (χ0) is 16.5. The summed E-state index contributed by atoms with van der Waals surface area (Å²) < 4.78 is 5.70. The average molecular weight is 321 g/mol. The van der Waals surface area contributed by atoms with Crippen molar-refractivity contribution in [3.8, 4) is 5.75 Å². The summed E-state index contributed by atoms with van der Waals surface area (Å²) in [6.45, 7) is 2.75. The van der Waals surface area contributed by atoms with Crippen molar-refractivity contribution >= 4 is 22.6 Å². The summed E-state index contributed by atoms with van der Waals surface area (Å²) in [6.07, 6.45) is 6.05. The van der Waals surface area contributed by atoms with Crippen molar-refractivity contribution in [2.24, 2.45) is 5.92 Å². The lowest BCUT2D eigenvalue weighted by Crippen LogP contribution is -2.13. The van der Waals surface area contributed by atoms with Crippen molar-refractivity contribution in [1.29, 1.82) is 0 Å². The maximum Gasteiger partial charge on any atom is 0.255 e. The Morgan fingerprint density at radius 3 is 2.83 bits per heavy atom. The second kappa shape index (κ2) is 6.00. The number of hydrogen-bond donors (Lipinski definition) is 2. The van der Waals surface area contributed by atoms with Gasteiger partial charge in [0.1, 0.15) is 11.4 Å². The minimum atomic E-state index is -0.150. The molecule has 1 aliphatic rings. The van der Waals surface area contributed by atoms with Gasteiger partial charge in [-0.25, -0.2) is 4.98 Å². The maximum atomic E-state index is 12.4. The molecule has 0 saturated heterocycles. The van der Waals surface area contributed by atoms with E-state index in [-0.39, 0.29) is 5.91 Å². The van der Waals surface area contributed by atoms with Crippen LogP contribution in [0.2, 0.25) is 0 Å². The molecule has 3 aromatic rings. The van der Waals surface area contributed by atoms with E-state index in [1.807, 2.05) is 31.3 Å². The fourth-order valence-corrected chi connectivity index (χ4v) is 2.66. The van der Waals surface area contributed by atoms with Crippen LogP contribution in [0.25, 0.3) is 11.0 Å². The highest BCUT2D eigenvalue weighted by atomic mass is 16.5. The normalized spacial score (nSPS) is 13.9. The number of aromatic nitrogens is 2. The van der Waals surface area contributed by atoms with Gasteiger partial charge in [0.15, 0.2) is 0 Å². The summed E-state index contributed by atoms with van der Waals surface area (Å²) in [4.78, 5) is 19.8. The fourth-order valence-electron chi connectivity index (χ4n) is 2.66. The smallest absolute Gasteiger partial charge is 0.255 e. The number of nitrogens with one attached hydrogen (secondary N) is 2. The lowest BCUT2D eigenvalue weighted by Gasteiger charge is -2.10. The third-order valence-corrected chi connectivity index (χ3v) is 4.40. The molecule has 1 aromatic carbocycles. The topological polar surface area (TPSA) is 67.0 Å². The highest BCUT2D eigenvalue weighted by molar-refractivity contribution is 6.05. The van der Waals surface area contributed by atoms with Gasteiger partial charge in [-0.2, -0.15) is 0 Å². The molecule has 2 N–H and O–H groups in total. The highest BCUT2D eigenvalue weighted by Crippen LogP contribution is 2.29. The van der Waals surface area contributed by atoms with E-state index in [1.54, 1.807) is 18.3 Å². The molecular formula is C19H19N3O2. The van der Waals surface area contributed by atoms with Crippen LogP contribution >= 0.6 is 0 Å². The van der Waals surface area contributed by atoms with Crippen molar-refractivity contribution < 1.29 is 9.53 Å². The molecule has 5 nitrogen and oxygen atoms in total. The molecule has 0 radical (unpaired) electrons. The van der Waals surface area contributed by atoms with Crippen LogP contribution in [-0.2, 0) is 0 Å². The van der Waals surface area contributed by atoms with Gasteiger partial charge in [0.2, 0.25) is 0 Å². The Hall–Kier alpha value is -2.82. The van der Waals surface area contributed by atoms with E-state index in [0.29, 0.717) is 11.5 Å². The second-order valence-corrected chi connectivity index (χ2v) is 6.27. The zero-order valence-corrected chi connectivity index (χ0v) is 13.5. The number of anilines is 1. The number of H-pyrrole nitrogens is 1. The van der Waals surface area contributed by atoms with Crippen molar-refractivity contribution in [3.05, 3.63) is 53.9 Å². The van der Waals surface area contributed by atoms with Gasteiger partial charge in [-0.1, -0.05) is 0 Å². The molecule has 4 rings (SSSR count). The predicted molar refractivity (Wildman–Crippen MR) is 93.4 cm³/mol. The number of fused-ring (bicyclic) bond motifs is 1. The molecule has 122 valence electrons. The van der Waals surface area contributed by atoms with Crippen molar-refractivity contribution in [2.75, 3.05) is 11.9 Å². The fraction of sp³-hybridized carbons (Fsp3) is 0.263. The molecule has 0 unspecified atom stereocenters. The van der Waals surface area contributed by atoms with Crippen LogP contribution in [0.3, 0.4) is 0 Å². The number of hydrogen-bond acceptors (Lipinski definition) is 3. The van der Waals surface area contributed by atoms with Gasteiger partial charge in [-0.05, 0) is 61.6 Å². The Balaban J connectivity index is 1.47. The molecule has 1 amide bonds. The van der Waals surface area contributed by atoms with Crippen molar-refractivity contribution in [3.63, 3.8) is 0 Å². The van der Waals surface area contributed by atoms with Gasteiger partial charge < -0.3 is 15.0 Å². The third-order valence-electron chi connectivity index (χ3n) is 4.40. The molecule has 2 heterocycles. The lowest BCUT2D eigenvalue weighted by molar-refractivity contribution is 0.102. The number of pyridine rings is 1. The molecule has 24 heavy (non-hydrogen) atoms. The minimum absolute atomic E-state index is 0.150. The Bertz CT molecular complexity index is 879. The summed E-state index contributed by atoms with van der Waals surface area (Å²) in [7, 11) is 0. The summed E-state index contributed by atoms with van der Waals surface area (Å²) in [5.41, 5.74) is 3.14. The largest absolute Gasteiger partial charge is 0.493 e. The van der Waals surface area contributed by atoms with Crippen LogP contribution in [0.5, 0.6) is 5.75 Å². The first-order valence-electron chi connectivity index (χ1n) is 8.17. The standard InChI is InChI=1S/C19H19N3O2/c1-12-16-8-9-20-18(16)21-10-17(12)22-19(23)14-4-6-15(7-5-14)24-11-13-2-3-13/h4-10,13H,2-3,11H2,1H3,(H,20,21)(H,22,23). The number of aromatic amines is 1. The van der Waals surface area contributed by atoms with Crippen molar-refractivity contribution in [1.82, 2.24) is 9.97 Å². The molecule has 1 fully saturated rings. The molecule has 1 saturated carbocycles. The number of aryl methyl sites for hydroxylation is 1. The summed E-state index contributed by atoms with van der Waals surface area (Å²) >= 11 is 0. The highest BCUT2D eigenvalue weighted by Gasteiger charge is 2.21. The van der Waals surface area contributed by atoms with Gasteiger partial charge in [-0.15, -0.1) is 0 Å². The first kappa shape index (κ1) is 14.8. The first-order valence-corrected chi connectivity index (χ1v) is 8.17.